The van der Waals surface area contributed by atoms with Crippen molar-refractivity contribution in [1.29, 1.82) is 0 Å². The van der Waals surface area contributed by atoms with Gasteiger partial charge < -0.3 is 10.2 Å². The zero-order chi connectivity index (χ0) is 23.5. The summed E-state index contributed by atoms with van der Waals surface area (Å²) < 4.78 is 14.7. The van der Waals surface area contributed by atoms with E-state index >= 15 is 0 Å². The summed E-state index contributed by atoms with van der Waals surface area (Å²) >= 11 is 7.82. The molecule has 0 unspecified atom stereocenters. The molecule has 0 aromatic heterocycles. The maximum Gasteiger partial charge on any atom is 0.252 e. The SMILES string of the molecule is CSc1cccc(NC(=O)CN2C(=O)[C@@H](C)N=C(c3ccccc3F)c3cc(Cl)ccc32)c1. The topological polar surface area (TPSA) is 61.8 Å². The normalized spacial score (nSPS) is 15.5. The van der Waals surface area contributed by atoms with Crippen LogP contribution < -0.4 is 10.2 Å². The van der Waals surface area contributed by atoms with Gasteiger partial charge in [0.25, 0.3) is 5.91 Å². The molecule has 0 spiro atoms. The molecule has 0 radical (unpaired) electrons. The van der Waals surface area contributed by atoms with Crippen molar-refractivity contribution in [3.63, 3.8) is 0 Å². The molecular weight excluding hydrogens is 461 g/mol. The largest absolute Gasteiger partial charge is 0.324 e. The minimum Gasteiger partial charge on any atom is -0.324 e. The van der Waals surface area contributed by atoms with E-state index in [1.807, 2.05) is 24.5 Å². The number of anilines is 2. The number of rotatable bonds is 5. The molecule has 0 aliphatic carbocycles. The Bertz CT molecular complexity index is 1260. The Balaban J connectivity index is 1.72. The van der Waals surface area contributed by atoms with Crippen LogP contribution in [0.2, 0.25) is 5.02 Å². The molecule has 3 aromatic rings. The smallest absolute Gasteiger partial charge is 0.252 e. The van der Waals surface area contributed by atoms with Gasteiger partial charge in [-0.2, -0.15) is 0 Å². The van der Waals surface area contributed by atoms with Crippen molar-refractivity contribution in [3.8, 4) is 0 Å². The number of carbonyl (C=O) groups excluding carboxylic acids is 2. The van der Waals surface area contributed by atoms with E-state index in [-0.39, 0.29) is 23.9 Å². The number of nitrogens with one attached hydrogen (secondary N) is 1. The molecule has 5 nitrogen and oxygen atoms in total. The van der Waals surface area contributed by atoms with Crippen LogP contribution in [0.25, 0.3) is 0 Å². The lowest BCUT2D eigenvalue weighted by molar-refractivity contribution is -0.122. The summed E-state index contributed by atoms with van der Waals surface area (Å²) in [4.78, 5) is 33.1. The third-order valence-electron chi connectivity index (χ3n) is 5.23. The predicted molar refractivity (Wildman–Crippen MR) is 132 cm³/mol. The number of benzene rings is 3. The summed E-state index contributed by atoms with van der Waals surface area (Å²) in [5, 5.41) is 3.26. The molecule has 1 N–H and O–H groups in total. The Labute approximate surface area is 200 Å². The van der Waals surface area contributed by atoms with Gasteiger partial charge in [-0.25, -0.2) is 4.39 Å². The summed E-state index contributed by atoms with van der Waals surface area (Å²) in [5.41, 5.74) is 2.16. The average Bonchev–Trinajstić information content (AvgIpc) is 2.90. The van der Waals surface area contributed by atoms with Crippen LogP contribution in [-0.4, -0.2) is 36.4 Å². The molecule has 0 bridgehead atoms. The van der Waals surface area contributed by atoms with Gasteiger partial charge in [0.15, 0.2) is 0 Å². The molecule has 168 valence electrons. The zero-order valence-electron chi connectivity index (χ0n) is 18.0. The highest BCUT2D eigenvalue weighted by Gasteiger charge is 2.31. The molecule has 1 aliphatic heterocycles. The molecule has 1 heterocycles. The third-order valence-corrected chi connectivity index (χ3v) is 6.20. The number of fused-ring (bicyclic) bond motifs is 1. The van der Waals surface area contributed by atoms with Crippen LogP contribution in [0.3, 0.4) is 0 Å². The lowest BCUT2D eigenvalue weighted by atomic mass is 9.99. The summed E-state index contributed by atoms with van der Waals surface area (Å²) in [6.45, 7) is 1.41. The second-order valence-corrected chi connectivity index (χ2v) is 8.82. The summed E-state index contributed by atoms with van der Waals surface area (Å²) in [5.74, 6) is -1.18. The molecule has 1 aliphatic rings. The summed E-state index contributed by atoms with van der Waals surface area (Å²) in [7, 11) is 0. The van der Waals surface area contributed by atoms with Crippen LogP contribution in [0.4, 0.5) is 15.8 Å². The Morgan fingerprint density at radius 1 is 1.12 bits per heavy atom. The van der Waals surface area contributed by atoms with Crippen molar-refractivity contribution in [2.45, 2.75) is 17.9 Å². The van der Waals surface area contributed by atoms with Crippen molar-refractivity contribution >= 4 is 52.3 Å². The molecular formula is C25H21ClFN3O2S. The van der Waals surface area contributed by atoms with Gasteiger partial charge in [-0.1, -0.05) is 29.8 Å². The number of benzodiazepines with no additional fused rings is 1. The van der Waals surface area contributed by atoms with E-state index in [9.17, 15) is 14.0 Å². The maximum atomic E-state index is 14.7. The monoisotopic (exact) mass is 481 g/mol. The minimum absolute atomic E-state index is 0.221. The van der Waals surface area contributed by atoms with Gasteiger partial charge in [-0.05, 0) is 61.7 Å². The number of amides is 2. The third kappa shape index (κ3) is 4.94. The molecule has 1 atom stereocenters. The van der Waals surface area contributed by atoms with E-state index in [0.29, 0.717) is 27.7 Å². The first-order valence-corrected chi connectivity index (χ1v) is 11.9. The van der Waals surface area contributed by atoms with Gasteiger partial charge in [0.1, 0.15) is 18.4 Å². The van der Waals surface area contributed by atoms with Gasteiger partial charge in [0.2, 0.25) is 5.91 Å². The maximum absolute atomic E-state index is 14.7. The van der Waals surface area contributed by atoms with E-state index in [2.05, 4.69) is 10.3 Å². The average molecular weight is 482 g/mol. The number of aliphatic imine (C=N–C) groups is 1. The van der Waals surface area contributed by atoms with Crippen LogP contribution in [-0.2, 0) is 9.59 Å². The van der Waals surface area contributed by atoms with Crippen LogP contribution in [0.15, 0.2) is 76.6 Å². The van der Waals surface area contributed by atoms with Gasteiger partial charge in [0.05, 0.1) is 11.4 Å². The molecule has 33 heavy (non-hydrogen) atoms. The lowest BCUT2D eigenvalue weighted by Crippen LogP contribution is -2.42. The molecule has 3 aromatic carbocycles. The first-order valence-electron chi connectivity index (χ1n) is 10.3. The number of halogens is 2. The van der Waals surface area contributed by atoms with Gasteiger partial charge >= 0.3 is 0 Å². The highest BCUT2D eigenvalue weighted by molar-refractivity contribution is 7.98. The molecule has 2 amide bonds. The van der Waals surface area contributed by atoms with Crippen LogP contribution in [0.1, 0.15) is 18.1 Å². The lowest BCUT2D eigenvalue weighted by Gasteiger charge is -2.24. The fourth-order valence-corrected chi connectivity index (χ4v) is 4.30. The van der Waals surface area contributed by atoms with E-state index in [1.54, 1.807) is 61.2 Å². The van der Waals surface area contributed by atoms with E-state index in [0.717, 1.165) is 4.90 Å². The quantitative estimate of drug-likeness (QED) is 0.495. The first kappa shape index (κ1) is 23.0. The minimum atomic E-state index is -0.821. The Hall–Kier alpha value is -3.16. The fraction of sp³-hybridized carbons (Fsp3) is 0.160. The van der Waals surface area contributed by atoms with Crippen molar-refractivity contribution in [3.05, 3.63) is 88.7 Å². The molecule has 0 fully saturated rings. The molecule has 4 rings (SSSR count). The van der Waals surface area contributed by atoms with Crippen molar-refractivity contribution in [2.24, 2.45) is 4.99 Å². The standard InChI is InChI=1S/C25H21ClFN3O2S/c1-15-25(32)30(14-23(31)29-17-6-5-7-18(13-17)33-2)22-11-10-16(26)12-20(22)24(28-15)19-8-3-4-9-21(19)27/h3-13,15H,14H2,1-2H3,(H,29,31)/t15-/m1/s1. The van der Waals surface area contributed by atoms with Gasteiger partial charge in [-0.15, -0.1) is 11.8 Å². The van der Waals surface area contributed by atoms with E-state index in [1.165, 1.54) is 11.0 Å². The summed E-state index contributed by atoms with van der Waals surface area (Å²) in [6.07, 6.45) is 1.95. The highest BCUT2D eigenvalue weighted by atomic mass is 35.5. The first-order chi connectivity index (χ1) is 15.9. The molecule has 0 saturated heterocycles. The number of carbonyl (C=O) groups is 2. The van der Waals surface area contributed by atoms with Gasteiger partial charge in [-0.3, -0.25) is 14.6 Å². The van der Waals surface area contributed by atoms with Crippen LogP contribution in [0, 0.1) is 5.82 Å². The van der Waals surface area contributed by atoms with Crippen molar-refractivity contribution in [1.82, 2.24) is 0 Å². The second kappa shape index (κ2) is 9.77. The zero-order valence-corrected chi connectivity index (χ0v) is 19.6. The number of thioether (sulfide) groups is 1. The summed E-state index contributed by atoms with van der Waals surface area (Å²) in [6, 6.07) is 17.8. The second-order valence-electron chi connectivity index (χ2n) is 7.50. The Morgan fingerprint density at radius 2 is 1.91 bits per heavy atom. The van der Waals surface area contributed by atoms with E-state index < -0.39 is 11.9 Å². The number of hydrogen-bond donors (Lipinski definition) is 1. The predicted octanol–water partition coefficient (Wildman–Crippen LogP) is 5.41. The Morgan fingerprint density at radius 3 is 2.67 bits per heavy atom. The van der Waals surface area contributed by atoms with Gasteiger partial charge in [0, 0.05) is 26.7 Å². The molecule has 0 saturated carbocycles. The molecule has 8 heteroatoms. The van der Waals surface area contributed by atoms with E-state index in [4.69, 9.17) is 11.6 Å². The Kier molecular flexibility index (Phi) is 6.81. The van der Waals surface area contributed by atoms with Crippen LogP contribution >= 0.6 is 23.4 Å². The number of hydrogen-bond acceptors (Lipinski definition) is 4. The van der Waals surface area contributed by atoms with Crippen molar-refractivity contribution in [2.75, 3.05) is 23.0 Å². The van der Waals surface area contributed by atoms with Crippen LogP contribution in [0.5, 0.6) is 0 Å². The van der Waals surface area contributed by atoms with Crippen molar-refractivity contribution < 1.29 is 14.0 Å². The fourth-order valence-electron chi connectivity index (χ4n) is 3.67. The highest BCUT2D eigenvalue weighted by Crippen LogP contribution is 2.31. The number of nitrogens with zero attached hydrogens (tertiary/aromatic N) is 2.